The number of anilines is 1. The van der Waals surface area contributed by atoms with Gasteiger partial charge in [-0.3, -0.25) is 13.9 Å². The van der Waals surface area contributed by atoms with Crippen LogP contribution in [0, 0.1) is 6.92 Å². The molecule has 242 valence electrons. The van der Waals surface area contributed by atoms with E-state index < -0.39 is 28.5 Å². The Hall–Kier alpha value is -4.83. The number of ether oxygens (including phenoxy) is 2. The monoisotopic (exact) mass is 643 g/mol. The Morgan fingerprint density at radius 3 is 2.07 bits per heavy atom. The number of benzene rings is 4. The lowest BCUT2D eigenvalue weighted by atomic mass is 10.0. The molecule has 0 aromatic heterocycles. The molecule has 1 N–H and O–H groups in total. The molecule has 4 aromatic rings. The second-order valence-corrected chi connectivity index (χ2v) is 13.1. The largest absolute Gasteiger partial charge is 0.497 e. The van der Waals surface area contributed by atoms with Gasteiger partial charge in [0, 0.05) is 25.1 Å². The molecule has 0 aliphatic carbocycles. The number of carbonyl (C=O) groups is 2. The van der Waals surface area contributed by atoms with E-state index in [1.54, 1.807) is 30.3 Å². The molecule has 0 saturated carbocycles. The zero-order valence-electron chi connectivity index (χ0n) is 26.8. The minimum atomic E-state index is -4.29. The molecule has 4 rings (SSSR count). The van der Waals surface area contributed by atoms with Crippen molar-refractivity contribution in [2.24, 2.45) is 0 Å². The van der Waals surface area contributed by atoms with E-state index in [-0.39, 0.29) is 41.2 Å². The summed E-state index contributed by atoms with van der Waals surface area (Å²) in [4.78, 5) is 30.0. The Bertz CT molecular complexity index is 1730. The van der Waals surface area contributed by atoms with Crippen molar-refractivity contribution in [3.8, 4) is 11.5 Å². The maximum Gasteiger partial charge on any atom is 0.264 e. The predicted octanol–water partition coefficient (Wildman–Crippen LogP) is 5.37. The van der Waals surface area contributed by atoms with Gasteiger partial charge in [0.2, 0.25) is 11.8 Å². The normalized spacial score (nSPS) is 11.9. The maximum absolute atomic E-state index is 14.6. The molecule has 0 aliphatic heterocycles. The Labute approximate surface area is 271 Å². The van der Waals surface area contributed by atoms with E-state index in [1.165, 1.54) is 37.3 Å². The highest BCUT2D eigenvalue weighted by Gasteiger charge is 2.36. The molecule has 46 heavy (non-hydrogen) atoms. The number of carbonyl (C=O) groups excluding carboxylic acids is 2. The summed E-state index contributed by atoms with van der Waals surface area (Å²) in [7, 11) is -1.40. The maximum atomic E-state index is 14.6. The second-order valence-electron chi connectivity index (χ2n) is 11.2. The van der Waals surface area contributed by atoms with Gasteiger partial charge in [0.15, 0.2) is 0 Å². The van der Waals surface area contributed by atoms with Crippen LogP contribution in [0.25, 0.3) is 0 Å². The van der Waals surface area contributed by atoms with Crippen LogP contribution in [0.3, 0.4) is 0 Å². The molecule has 0 aliphatic rings. The summed E-state index contributed by atoms with van der Waals surface area (Å²) in [5.41, 5.74) is 2.78. The molecule has 0 radical (unpaired) electrons. The van der Waals surface area contributed by atoms with E-state index in [0.717, 1.165) is 21.0 Å². The number of rotatable bonds is 14. The van der Waals surface area contributed by atoms with Crippen molar-refractivity contribution in [3.63, 3.8) is 0 Å². The first kappa shape index (κ1) is 34.1. The van der Waals surface area contributed by atoms with Crippen LogP contribution in [0.4, 0.5) is 5.69 Å². The highest BCUT2D eigenvalue weighted by atomic mass is 32.2. The summed E-state index contributed by atoms with van der Waals surface area (Å²) in [6, 6.07) is 28.6. The van der Waals surface area contributed by atoms with E-state index in [1.807, 2.05) is 75.4 Å². The van der Waals surface area contributed by atoms with E-state index in [0.29, 0.717) is 5.75 Å². The number of hydrogen-bond acceptors (Lipinski definition) is 6. The average Bonchev–Trinajstić information content (AvgIpc) is 3.05. The summed E-state index contributed by atoms with van der Waals surface area (Å²) in [5, 5.41) is 2.97. The van der Waals surface area contributed by atoms with Gasteiger partial charge in [-0.15, -0.1) is 0 Å². The van der Waals surface area contributed by atoms with Gasteiger partial charge in [0.05, 0.1) is 24.8 Å². The number of nitrogens with zero attached hydrogens (tertiary/aromatic N) is 2. The molecule has 4 aromatic carbocycles. The Balaban J connectivity index is 1.86. The van der Waals surface area contributed by atoms with Gasteiger partial charge in [-0.05, 0) is 56.2 Å². The molecule has 1 atom stereocenters. The number of sulfonamides is 1. The van der Waals surface area contributed by atoms with Crippen molar-refractivity contribution in [3.05, 3.63) is 120 Å². The smallest absolute Gasteiger partial charge is 0.264 e. The SMILES string of the molecule is COc1ccc(OC)c(N(CC(=O)N(Cc2cccc(C)c2)[C@@H](Cc2ccccc2)C(=O)NC(C)C)S(=O)(=O)c2ccccc2)c1. The number of nitrogens with one attached hydrogen (secondary N) is 1. The Kier molecular flexibility index (Phi) is 11.4. The summed E-state index contributed by atoms with van der Waals surface area (Å²) in [5.74, 6) is -0.287. The van der Waals surface area contributed by atoms with Crippen LogP contribution in [-0.2, 0) is 32.6 Å². The number of hydrogen-bond donors (Lipinski definition) is 1. The minimum Gasteiger partial charge on any atom is -0.497 e. The molecule has 0 saturated heterocycles. The van der Waals surface area contributed by atoms with Gasteiger partial charge in [-0.2, -0.15) is 0 Å². The fraction of sp³-hybridized carbons (Fsp3) is 0.278. The summed E-state index contributed by atoms with van der Waals surface area (Å²) < 4.78 is 40.6. The van der Waals surface area contributed by atoms with Gasteiger partial charge in [0.25, 0.3) is 10.0 Å². The highest BCUT2D eigenvalue weighted by Crippen LogP contribution is 2.36. The van der Waals surface area contributed by atoms with Crippen molar-refractivity contribution >= 4 is 27.5 Å². The van der Waals surface area contributed by atoms with Crippen LogP contribution >= 0.6 is 0 Å². The number of amides is 2. The first-order valence-corrected chi connectivity index (χ1v) is 16.5. The molecule has 0 fully saturated rings. The van der Waals surface area contributed by atoms with Crippen LogP contribution in [-0.4, -0.2) is 58.0 Å². The lowest BCUT2D eigenvalue weighted by Gasteiger charge is -2.34. The zero-order valence-corrected chi connectivity index (χ0v) is 27.7. The van der Waals surface area contributed by atoms with Gasteiger partial charge < -0.3 is 19.7 Å². The predicted molar refractivity (Wildman–Crippen MR) is 179 cm³/mol. The number of aryl methyl sites for hydroxylation is 1. The van der Waals surface area contributed by atoms with E-state index in [4.69, 9.17) is 9.47 Å². The molecular weight excluding hydrogens is 602 g/mol. The fourth-order valence-corrected chi connectivity index (χ4v) is 6.60. The molecule has 2 amide bonds. The molecule has 0 heterocycles. The minimum absolute atomic E-state index is 0.00343. The summed E-state index contributed by atoms with van der Waals surface area (Å²) in [6.07, 6.45) is 0.227. The van der Waals surface area contributed by atoms with Gasteiger partial charge in [-0.25, -0.2) is 8.42 Å². The van der Waals surface area contributed by atoms with Crippen LogP contribution in [0.2, 0.25) is 0 Å². The van der Waals surface area contributed by atoms with Crippen molar-refractivity contribution < 1.29 is 27.5 Å². The fourth-order valence-electron chi connectivity index (χ4n) is 5.17. The molecule has 0 unspecified atom stereocenters. The van der Waals surface area contributed by atoms with Gasteiger partial charge in [-0.1, -0.05) is 78.4 Å². The quantitative estimate of drug-likeness (QED) is 0.198. The molecule has 9 nitrogen and oxygen atoms in total. The average molecular weight is 644 g/mol. The van der Waals surface area contributed by atoms with Crippen molar-refractivity contribution in [2.45, 2.75) is 50.7 Å². The molecule has 10 heteroatoms. The van der Waals surface area contributed by atoms with E-state index in [2.05, 4.69) is 5.32 Å². The molecule has 0 spiro atoms. The molecular formula is C36H41N3O6S. The second kappa shape index (κ2) is 15.4. The van der Waals surface area contributed by atoms with Crippen LogP contribution in [0.15, 0.2) is 108 Å². The lowest BCUT2D eigenvalue weighted by molar-refractivity contribution is -0.140. The lowest BCUT2D eigenvalue weighted by Crippen LogP contribution is -2.54. The third-order valence-electron chi connectivity index (χ3n) is 7.40. The summed E-state index contributed by atoms with van der Waals surface area (Å²) in [6.45, 7) is 5.14. The number of methoxy groups -OCH3 is 2. The van der Waals surface area contributed by atoms with Gasteiger partial charge in [0.1, 0.15) is 24.1 Å². The van der Waals surface area contributed by atoms with Crippen LogP contribution < -0.4 is 19.1 Å². The van der Waals surface area contributed by atoms with E-state index in [9.17, 15) is 18.0 Å². The zero-order chi connectivity index (χ0) is 33.3. The van der Waals surface area contributed by atoms with Crippen LogP contribution in [0.1, 0.15) is 30.5 Å². The Morgan fingerprint density at radius 2 is 1.46 bits per heavy atom. The first-order valence-electron chi connectivity index (χ1n) is 15.0. The van der Waals surface area contributed by atoms with Crippen molar-refractivity contribution in [2.75, 3.05) is 25.1 Å². The van der Waals surface area contributed by atoms with E-state index >= 15 is 0 Å². The Morgan fingerprint density at radius 1 is 0.804 bits per heavy atom. The first-order chi connectivity index (χ1) is 22.0. The van der Waals surface area contributed by atoms with Crippen molar-refractivity contribution in [1.29, 1.82) is 0 Å². The highest BCUT2D eigenvalue weighted by molar-refractivity contribution is 7.92. The van der Waals surface area contributed by atoms with Gasteiger partial charge >= 0.3 is 0 Å². The molecule has 0 bridgehead atoms. The van der Waals surface area contributed by atoms with Crippen molar-refractivity contribution in [1.82, 2.24) is 10.2 Å². The topological polar surface area (TPSA) is 105 Å². The van der Waals surface area contributed by atoms with Crippen LogP contribution in [0.5, 0.6) is 11.5 Å². The summed E-state index contributed by atoms with van der Waals surface area (Å²) >= 11 is 0. The third-order valence-corrected chi connectivity index (χ3v) is 9.18. The standard InChI is InChI=1S/C36H41N3O6S/c1-26(2)37-36(41)33(22-28-14-8-6-9-15-28)38(24-29-16-12-13-27(3)21-29)35(40)25-39(46(42,43)31-17-10-7-11-18-31)32-23-30(44-4)19-20-34(32)45-5/h6-21,23,26,33H,22,24-25H2,1-5H3,(H,37,41)/t33-/m0/s1. The third kappa shape index (κ3) is 8.45.